The minimum atomic E-state index is -0.966. The van der Waals surface area contributed by atoms with Gasteiger partial charge in [-0.05, 0) is 33.6 Å². The van der Waals surface area contributed by atoms with Gasteiger partial charge in [0.1, 0.15) is 6.10 Å². The van der Waals surface area contributed by atoms with E-state index in [4.69, 9.17) is 21.5 Å². The van der Waals surface area contributed by atoms with Gasteiger partial charge in [-0.25, -0.2) is 23.5 Å². The van der Waals surface area contributed by atoms with Crippen LogP contribution in [0, 0.1) is 6.92 Å². The highest BCUT2D eigenvalue weighted by atomic mass is 16.5. The topological polar surface area (TPSA) is 150 Å². The van der Waals surface area contributed by atoms with E-state index in [1.165, 1.54) is 0 Å². The standard InChI is InChI=1S/C18H27N3O8/c1-4-5-12(2)28-14(23)6-9-20-16(25)19-17(26)21(18(20)27)10-7-15(24)29-13(3)8-11-22/h1,12-13,22H,4-11H2,2-3H3,(H,19,25,26). The van der Waals surface area contributed by atoms with E-state index < -0.39 is 41.2 Å². The first kappa shape index (κ1) is 24.3. The molecule has 1 heterocycles. The number of H-pyrrole nitrogens is 1. The zero-order valence-electron chi connectivity index (χ0n) is 16.6. The van der Waals surface area contributed by atoms with Crippen molar-refractivity contribution in [2.75, 3.05) is 6.61 Å². The highest BCUT2D eigenvalue weighted by Gasteiger charge is 2.15. The zero-order chi connectivity index (χ0) is 22.0. The second-order valence-corrected chi connectivity index (χ2v) is 6.51. The number of ether oxygens (including phenoxy) is 2. The first-order valence-corrected chi connectivity index (χ1v) is 9.33. The third-order valence-electron chi connectivity index (χ3n) is 4.02. The fraction of sp³-hybridized carbons (Fsp3) is 0.667. The molecular weight excluding hydrogens is 386 g/mol. The molecule has 2 unspecified atom stereocenters. The average molecular weight is 413 g/mol. The molecule has 2 radical (unpaired) electrons. The number of esters is 2. The summed E-state index contributed by atoms with van der Waals surface area (Å²) in [4.78, 5) is 61.8. The molecule has 2 N–H and O–H groups in total. The van der Waals surface area contributed by atoms with Crippen molar-refractivity contribution in [1.29, 1.82) is 0 Å². The molecule has 29 heavy (non-hydrogen) atoms. The number of carbonyl (C=O) groups excluding carboxylic acids is 2. The van der Waals surface area contributed by atoms with Crippen molar-refractivity contribution in [1.82, 2.24) is 14.1 Å². The molecule has 0 aliphatic heterocycles. The molecule has 0 aliphatic carbocycles. The highest BCUT2D eigenvalue weighted by Crippen LogP contribution is 2.02. The van der Waals surface area contributed by atoms with Crippen molar-refractivity contribution in [3.05, 3.63) is 38.4 Å². The second kappa shape index (κ2) is 12.0. The van der Waals surface area contributed by atoms with Gasteiger partial charge in [-0.15, -0.1) is 0 Å². The number of aliphatic hydroxyl groups excluding tert-OH is 1. The van der Waals surface area contributed by atoms with Gasteiger partial charge in [-0.3, -0.25) is 14.6 Å². The molecule has 2 atom stereocenters. The number of hydrogen-bond acceptors (Lipinski definition) is 8. The Balaban J connectivity index is 2.81. The predicted molar refractivity (Wildman–Crippen MR) is 101 cm³/mol. The van der Waals surface area contributed by atoms with Gasteiger partial charge in [-0.2, -0.15) is 0 Å². The van der Waals surface area contributed by atoms with Crippen LogP contribution in [0.4, 0.5) is 0 Å². The first-order valence-electron chi connectivity index (χ1n) is 9.33. The van der Waals surface area contributed by atoms with E-state index in [0.29, 0.717) is 22.0 Å². The number of nitrogens with one attached hydrogen (secondary N) is 1. The normalized spacial score (nSPS) is 13.0. The quantitative estimate of drug-likeness (QED) is 0.424. The number of carbonyl (C=O) groups is 2. The number of aromatic nitrogens is 3. The second-order valence-electron chi connectivity index (χ2n) is 6.51. The summed E-state index contributed by atoms with van der Waals surface area (Å²) < 4.78 is 11.5. The lowest BCUT2D eigenvalue weighted by Crippen LogP contribution is -2.50. The number of aromatic amines is 1. The monoisotopic (exact) mass is 413 g/mol. The van der Waals surface area contributed by atoms with Gasteiger partial charge in [0.25, 0.3) is 0 Å². The van der Waals surface area contributed by atoms with Gasteiger partial charge in [-0.1, -0.05) is 0 Å². The average Bonchev–Trinajstić information content (AvgIpc) is 2.61. The van der Waals surface area contributed by atoms with Gasteiger partial charge in [0.15, 0.2) is 0 Å². The fourth-order valence-electron chi connectivity index (χ4n) is 2.45. The summed E-state index contributed by atoms with van der Waals surface area (Å²) in [5.74, 6) is -1.27. The Morgan fingerprint density at radius 2 is 1.41 bits per heavy atom. The molecule has 0 bridgehead atoms. The number of rotatable bonds is 12. The Morgan fingerprint density at radius 3 is 1.83 bits per heavy atom. The minimum Gasteiger partial charge on any atom is -0.463 e. The van der Waals surface area contributed by atoms with Crippen LogP contribution in [0.3, 0.4) is 0 Å². The van der Waals surface area contributed by atoms with Crippen molar-refractivity contribution in [2.24, 2.45) is 0 Å². The summed E-state index contributed by atoms with van der Waals surface area (Å²) in [5, 5.41) is 8.80. The maximum Gasteiger partial charge on any atom is 0.336 e. The lowest BCUT2D eigenvalue weighted by atomic mass is 10.2. The van der Waals surface area contributed by atoms with Crippen LogP contribution in [0.15, 0.2) is 14.4 Å². The van der Waals surface area contributed by atoms with Crippen LogP contribution >= 0.6 is 0 Å². The number of aliphatic hydroxyl groups is 1. The molecule has 0 saturated carbocycles. The summed E-state index contributed by atoms with van der Waals surface area (Å²) in [6.45, 7) is 7.90. The molecule has 1 aromatic heterocycles. The first-order chi connectivity index (χ1) is 13.7. The molecule has 0 spiro atoms. The van der Waals surface area contributed by atoms with Crippen molar-refractivity contribution in [2.45, 2.75) is 71.2 Å². The van der Waals surface area contributed by atoms with Crippen LogP contribution in [0.25, 0.3) is 0 Å². The SMILES string of the molecule is [CH]CCC(C)OC(=O)CCn1c(=O)[nH]c(=O)n(CCC(=O)OC(C)CCO)c1=O. The molecule has 11 heteroatoms. The van der Waals surface area contributed by atoms with Crippen molar-refractivity contribution < 1.29 is 24.2 Å². The highest BCUT2D eigenvalue weighted by molar-refractivity contribution is 5.69. The molecule has 0 fully saturated rings. The van der Waals surface area contributed by atoms with Crippen LogP contribution in [0.5, 0.6) is 0 Å². The summed E-state index contributed by atoms with van der Waals surface area (Å²) in [6.07, 6.45) is -0.354. The van der Waals surface area contributed by atoms with Crippen LogP contribution in [-0.2, 0) is 32.2 Å². The van der Waals surface area contributed by atoms with Gasteiger partial charge >= 0.3 is 29.0 Å². The molecule has 11 nitrogen and oxygen atoms in total. The summed E-state index contributed by atoms with van der Waals surface area (Å²) in [6, 6.07) is 0. The van der Waals surface area contributed by atoms with Crippen molar-refractivity contribution in [3.63, 3.8) is 0 Å². The third-order valence-corrected chi connectivity index (χ3v) is 4.02. The van der Waals surface area contributed by atoms with E-state index in [2.05, 4.69) is 0 Å². The number of nitrogens with zero attached hydrogens (tertiary/aromatic N) is 2. The van der Waals surface area contributed by atoms with E-state index in [1.807, 2.05) is 4.98 Å². The van der Waals surface area contributed by atoms with E-state index in [1.54, 1.807) is 13.8 Å². The molecule has 0 amide bonds. The van der Waals surface area contributed by atoms with E-state index in [9.17, 15) is 24.0 Å². The Labute approximate surface area is 167 Å². The predicted octanol–water partition coefficient (Wildman–Crippen LogP) is -0.784. The Bertz CT molecular complexity index is 789. The molecule has 1 rings (SSSR count). The minimum absolute atomic E-state index is 0.147. The Hall–Kier alpha value is -2.69. The Kier molecular flexibility index (Phi) is 10.1. The fourth-order valence-corrected chi connectivity index (χ4v) is 2.45. The van der Waals surface area contributed by atoms with Gasteiger partial charge in [0.05, 0.1) is 18.9 Å². The molecule has 0 saturated heterocycles. The third kappa shape index (κ3) is 8.06. The molecule has 0 aliphatic rings. The zero-order valence-corrected chi connectivity index (χ0v) is 16.6. The maximum atomic E-state index is 12.4. The lowest BCUT2D eigenvalue weighted by molar-refractivity contribution is -0.149. The summed E-state index contributed by atoms with van der Waals surface area (Å²) in [7, 11) is 0. The van der Waals surface area contributed by atoms with Crippen molar-refractivity contribution in [3.8, 4) is 0 Å². The van der Waals surface area contributed by atoms with E-state index in [-0.39, 0.29) is 39.0 Å². The molecular formula is C18H27N3O8. The van der Waals surface area contributed by atoms with Gasteiger partial charge in [0.2, 0.25) is 0 Å². The molecule has 1 aromatic rings. The maximum absolute atomic E-state index is 12.4. The van der Waals surface area contributed by atoms with Crippen LogP contribution in [-0.4, -0.2) is 50.0 Å². The largest absolute Gasteiger partial charge is 0.463 e. The number of hydrogen-bond donors (Lipinski definition) is 2. The van der Waals surface area contributed by atoms with E-state index in [0.717, 1.165) is 0 Å². The summed E-state index contributed by atoms with van der Waals surface area (Å²) >= 11 is 0. The van der Waals surface area contributed by atoms with E-state index >= 15 is 0 Å². The lowest BCUT2D eigenvalue weighted by Gasteiger charge is -2.13. The summed E-state index contributed by atoms with van der Waals surface area (Å²) in [5.41, 5.74) is -2.87. The molecule has 162 valence electrons. The van der Waals surface area contributed by atoms with Crippen LogP contribution in [0.1, 0.15) is 46.0 Å². The Morgan fingerprint density at radius 1 is 0.966 bits per heavy atom. The smallest absolute Gasteiger partial charge is 0.336 e. The van der Waals surface area contributed by atoms with Gasteiger partial charge < -0.3 is 14.6 Å². The van der Waals surface area contributed by atoms with Crippen molar-refractivity contribution >= 4 is 11.9 Å². The van der Waals surface area contributed by atoms with Crippen LogP contribution < -0.4 is 17.1 Å². The molecule has 0 aromatic carbocycles. The van der Waals surface area contributed by atoms with Crippen LogP contribution in [0.2, 0.25) is 0 Å². The van der Waals surface area contributed by atoms with Gasteiger partial charge in [0, 0.05) is 26.1 Å².